The molecule has 3 aromatic rings. The van der Waals surface area contributed by atoms with E-state index < -0.39 is 35.1 Å². The van der Waals surface area contributed by atoms with Crippen LogP contribution in [0.25, 0.3) is 11.0 Å². The second-order valence-electron chi connectivity index (χ2n) is 14.6. The lowest BCUT2D eigenvalue weighted by molar-refractivity contribution is -0.157. The highest BCUT2D eigenvalue weighted by Crippen LogP contribution is 2.66. The number of likely N-dealkylation sites (tertiary alicyclic amines) is 1. The van der Waals surface area contributed by atoms with E-state index in [-0.39, 0.29) is 55.9 Å². The summed E-state index contributed by atoms with van der Waals surface area (Å²) >= 11 is 0. The molecule has 3 aliphatic heterocycles. The zero-order valence-corrected chi connectivity index (χ0v) is 30.3. The zero-order valence-electron chi connectivity index (χ0n) is 30.3. The van der Waals surface area contributed by atoms with Crippen molar-refractivity contribution in [3.8, 4) is 5.75 Å². The molecule has 1 spiro atoms. The predicted molar refractivity (Wildman–Crippen MR) is 194 cm³/mol. The van der Waals surface area contributed by atoms with E-state index in [1.807, 2.05) is 83.1 Å². The fraction of sp³-hybridized carbons (Fsp3) is 0.513. The molecule has 2 bridgehead atoms. The SMILES string of the molecule is C=CCN(Cn1nnc2ccccc21)C(=O)C1N([C@@H](CO)CC(C)C)C(=O)[C@@H]2[C@H](C(=O)N(CC=C)c3ccc(OCC)cc3)[C@@]3(C)OC12CC3C. The molecule has 3 aliphatic rings. The highest BCUT2D eigenvalue weighted by atomic mass is 16.5. The summed E-state index contributed by atoms with van der Waals surface area (Å²) in [6.45, 7) is 18.3. The summed E-state index contributed by atoms with van der Waals surface area (Å²) in [6, 6.07) is 13.0. The Morgan fingerprint density at radius 1 is 1.12 bits per heavy atom. The molecule has 272 valence electrons. The van der Waals surface area contributed by atoms with Gasteiger partial charge in [-0.2, -0.15) is 0 Å². The average Bonchev–Trinajstić information content (AvgIpc) is 3.79. The van der Waals surface area contributed by atoms with Gasteiger partial charge < -0.3 is 29.3 Å². The molecule has 0 aliphatic carbocycles. The lowest BCUT2D eigenvalue weighted by atomic mass is 9.62. The molecule has 4 heterocycles. The number of hydrogen-bond acceptors (Lipinski definition) is 8. The number of para-hydroxylation sites is 1. The van der Waals surface area contributed by atoms with Crippen LogP contribution in [0.2, 0.25) is 0 Å². The van der Waals surface area contributed by atoms with Crippen LogP contribution >= 0.6 is 0 Å². The molecule has 12 heteroatoms. The van der Waals surface area contributed by atoms with Gasteiger partial charge in [-0.1, -0.05) is 50.3 Å². The number of anilines is 1. The number of rotatable bonds is 15. The van der Waals surface area contributed by atoms with Crippen molar-refractivity contribution in [1.29, 1.82) is 0 Å². The van der Waals surface area contributed by atoms with Crippen molar-refractivity contribution in [3.05, 3.63) is 73.8 Å². The molecule has 12 nitrogen and oxygen atoms in total. The van der Waals surface area contributed by atoms with Crippen LogP contribution in [0.1, 0.15) is 47.5 Å². The Balaban J connectivity index is 1.44. The molecule has 0 radical (unpaired) electrons. The van der Waals surface area contributed by atoms with Crippen LogP contribution in [0.15, 0.2) is 73.8 Å². The summed E-state index contributed by atoms with van der Waals surface area (Å²) in [6.07, 6.45) is 4.15. The van der Waals surface area contributed by atoms with Gasteiger partial charge >= 0.3 is 0 Å². The largest absolute Gasteiger partial charge is 0.494 e. The molecule has 0 saturated carbocycles. The van der Waals surface area contributed by atoms with Gasteiger partial charge in [0.05, 0.1) is 42.2 Å². The van der Waals surface area contributed by atoms with Crippen molar-refractivity contribution in [3.63, 3.8) is 0 Å². The number of aliphatic hydroxyl groups is 1. The number of aromatic nitrogens is 3. The molecule has 3 unspecified atom stereocenters. The van der Waals surface area contributed by atoms with E-state index in [0.717, 1.165) is 5.52 Å². The van der Waals surface area contributed by atoms with Crippen molar-refractivity contribution in [2.45, 2.75) is 77.4 Å². The van der Waals surface area contributed by atoms with E-state index >= 15 is 9.59 Å². The summed E-state index contributed by atoms with van der Waals surface area (Å²) in [5.74, 6) is -2.20. The maximum Gasteiger partial charge on any atom is 0.250 e. The Morgan fingerprint density at radius 2 is 1.82 bits per heavy atom. The zero-order chi connectivity index (χ0) is 36.7. The first kappa shape index (κ1) is 36.2. The highest BCUT2D eigenvalue weighted by molar-refractivity contribution is 6.03. The van der Waals surface area contributed by atoms with Gasteiger partial charge in [-0.15, -0.1) is 18.3 Å². The van der Waals surface area contributed by atoms with Crippen LogP contribution in [0.5, 0.6) is 5.75 Å². The molecule has 3 amide bonds. The standard InChI is InChI=1S/C39H50N6O6/c1-8-19-42(24-44-31-14-12-11-13-30(31)40-41-44)37(49)34-39-22-26(6)38(7,51-39)32(33(39)36(48)45(34)28(23-46)21-25(4)5)35(47)43(20-9-2)27-15-17-29(18-16-27)50-10-3/h8-9,11-18,25-26,28,32-34,46H,1-2,10,19-24H2,3-7H3/t26?,28-,32-,33+,34?,38+,39?/m1/s1. The number of amides is 3. The minimum Gasteiger partial charge on any atom is -0.494 e. The van der Waals surface area contributed by atoms with Crippen LogP contribution in [0.3, 0.4) is 0 Å². The molecular formula is C39H50N6O6. The Bertz CT molecular complexity index is 1790. The van der Waals surface area contributed by atoms with Crippen LogP contribution < -0.4 is 9.64 Å². The summed E-state index contributed by atoms with van der Waals surface area (Å²) in [7, 11) is 0. The summed E-state index contributed by atoms with van der Waals surface area (Å²) in [4.78, 5) is 50.0. The van der Waals surface area contributed by atoms with Gasteiger partial charge in [0.2, 0.25) is 17.7 Å². The van der Waals surface area contributed by atoms with Crippen molar-refractivity contribution in [2.24, 2.45) is 23.7 Å². The Kier molecular flexibility index (Phi) is 10.1. The first-order valence-electron chi connectivity index (χ1n) is 17.9. The Hall–Kier alpha value is -4.55. The second kappa shape index (κ2) is 14.2. The lowest BCUT2D eigenvalue weighted by Gasteiger charge is -2.39. The molecular weight excluding hydrogens is 648 g/mol. The average molecular weight is 699 g/mol. The first-order chi connectivity index (χ1) is 24.4. The van der Waals surface area contributed by atoms with E-state index in [0.29, 0.717) is 36.4 Å². The fourth-order valence-corrected chi connectivity index (χ4v) is 8.78. The number of aliphatic hydroxyl groups excluding tert-OH is 1. The van der Waals surface area contributed by atoms with Gasteiger partial charge in [0.15, 0.2) is 0 Å². The molecule has 2 aromatic carbocycles. The lowest BCUT2D eigenvalue weighted by Crippen LogP contribution is -2.59. The van der Waals surface area contributed by atoms with E-state index in [2.05, 4.69) is 23.5 Å². The van der Waals surface area contributed by atoms with Crippen molar-refractivity contribution in [1.82, 2.24) is 24.8 Å². The number of benzene rings is 2. The maximum absolute atomic E-state index is 15.2. The van der Waals surface area contributed by atoms with Crippen molar-refractivity contribution in [2.75, 3.05) is 31.2 Å². The third-order valence-electron chi connectivity index (χ3n) is 11.0. The van der Waals surface area contributed by atoms with Crippen LogP contribution in [-0.4, -0.2) is 97.2 Å². The normalized spacial score (nSPS) is 27.1. The number of ether oxygens (including phenoxy) is 2. The van der Waals surface area contributed by atoms with Crippen LogP contribution in [0.4, 0.5) is 5.69 Å². The van der Waals surface area contributed by atoms with Gasteiger partial charge in [-0.05, 0) is 74.9 Å². The molecule has 51 heavy (non-hydrogen) atoms. The Morgan fingerprint density at radius 3 is 2.47 bits per heavy atom. The molecule has 1 aromatic heterocycles. The maximum atomic E-state index is 15.2. The number of carbonyl (C=O) groups excluding carboxylic acids is 3. The number of fused-ring (bicyclic) bond motifs is 2. The minimum absolute atomic E-state index is 0.0542. The van der Waals surface area contributed by atoms with Gasteiger partial charge in [-0.25, -0.2) is 4.68 Å². The van der Waals surface area contributed by atoms with E-state index in [1.54, 1.807) is 31.5 Å². The van der Waals surface area contributed by atoms with Crippen LogP contribution in [0, 0.1) is 23.7 Å². The summed E-state index contributed by atoms with van der Waals surface area (Å²) in [5, 5.41) is 19.4. The predicted octanol–water partition coefficient (Wildman–Crippen LogP) is 4.44. The second-order valence-corrected chi connectivity index (χ2v) is 14.6. The van der Waals surface area contributed by atoms with E-state index in [9.17, 15) is 9.90 Å². The van der Waals surface area contributed by atoms with Crippen molar-refractivity contribution >= 4 is 34.4 Å². The molecule has 3 fully saturated rings. The highest BCUT2D eigenvalue weighted by Gasteiger charge is 2.80. The molecule has 7 atom stereocenters. The van der Waals surface area contributed by atoms with Gasteiger partial charge in [0, 0.05) is 18.8 Å². The van der Waals surface area contributed by atoms with Crippen molar-refractivity contribution < 1.29 is 29.0 Å². The quantitative estimate of drug-likeness (QED) is 0.231. The first-order valence-corrected chi connectivity index (χ1v) is 17.9. The Labute approximate surface area is 299 Å². The van der Waals surface area contributed by atoms with E-state index in [1.165, 1.54) is 0 Å². The molecule has 6 rings (SSSR count). The third-order valence-corrected chi connectivity index (χ3v) is 11.0. The summed E-state index contributed by atoms with van der Waals surface area (Å²) in [5.41, 5.74) is -0.268. The van der Waals surface area contributed by atoms with Gasteiger partial charge in [0.1, 0.15) is 29.6 Å². The number of hydrogen-bond donors (Lipinski definition) is 1. The smallest absolute Gasteiger partial charge is 0.250 e. The number of nitrogens with zero attached hydrogens (tertiary/aromatic N) is 6. The summed E-state index contributed by atoms with van der Waals surface area (Å²) < 4.78 is 14.3. The van der Waals surface area contributed by atoms with Crippen LogP contribution in [-0.2, 0) is 25.8 Å². The topological polar surface area (TPSA) is 130 Å². The van der Waals surface area contributed by atoms with Gasteiger partial charge in [-0.3, -0.25) is 14.4 Å². The monoisotopic (exact) mass is 698 g/mol. The fourth-order valence-electron chi connectivity index (χ4n) is 8.78. The van der Waals surface area contributed by atoms with E-state index in [4.69, 9.17) is 9.47 Å². The number of carbonyl (C=O) groups is 3. The third kappa shape index (κ3) is 6.01. The molecule has 3 saturated heterocycles. The molecule has 1 N–H and O–H groups in total. The minimum atomic E-state index is -1.31. The van der Waals surface area contributed by atoms with Gasteiger partial charge in [0.25, 0.3) is 0 Å².